The monoisotopic (exact) mass is 471 g/mol. The number of aromatic nitrogens is 2. The maximum absolute atomic E-state index is 5.65. The van der Waals surface area contributed by atoms with E-state index in [1.165, 1.54) is 16.7 Å². The lowest BCUT2D eigenvalue weighted by Crippen LogP contribution is -2.18. The van der Waals surface area contributed by atoms with E-state index in [0.717, 1.165) is 41.8 Å². The highest BCUT2D eigenvalue weighted by Gasteiger charge is 2.15. The SMILES string of the molecule is CC.CCCN(C)Cc1cccc(-c2noc(-c3ccc(-c4ccccc4C)c(COC)c3)n2)c1. The van der Waals surface area contributed by atoms with Crippen molar-refractivity contribution in [2.24, 2.45) is 0 Å². The van der Waals surface area contributed by atoms with Gasteiger partial charge in [-0.15, -0.1) is 0 Å². The molecule has 0 aliphatic rings. The number of aryl methyl sites for hydroxylation is 1. The van der Waals surface area contributed by atoms with E-state index in [9.17, 15) is 0 Å². The Morgan fingerprint density at radius 2 is 1.71 bits per heavy atom. The lowest BCUT2D eigenvalue weighted by Gasteiger charge is -2.15. The predicted octanol–water partition coefficient (Wildman–Crippen LogP) is 7.39. The van der Waals surface area contributed by atoms with Crippen molar-refractivity contribution >= 4 is 0 Å². The third-order valence-electron chi connectivity index (χ3n) is 5.76. The highest BCUT2D eigenvalue weighted by molar-refractivity contribution is 5.74. The highest BCUT2D eigenvalue weighted by Crippen LogP contribution is 2.31. The maximum atomic E-state index is 5.65. The average Bonchev–Trinajstić information content (AvgIpc) is 3.37. The standard InChI is InChI=1S/C28H31N3O2.C2H6/c1-5-15-31(3)18-21-10-8-11-22(16-21)27-29-28(33-30-27)23-13-14-26(24(17-23)19-32-4)25-12-7-6-9-20(25)2;1-2/h6-14,16-17H,5,15,18-19H2,1-4H3;1-2H3. The van der Waals surface area contributed by atoms with Crippen molar-refractivity contribution in [3.63, 3.8) is 0 Å². The summed E-state index contributed by atoms with van der Waals surface area (Å²) in [6.45, 7) is 10.8. The molecule has 0 saturated carbocycles. The van der Waals surface area contributed by atoms with Crippen LogP contribution in [-0.4, -0.2) is 35.7 Å². The zero-order valence-electron chi connectivity index (χ0n) is 21.8. The molecule has 0 atom stereocenters. The number of methoxy groups -OCH3 is 1. The topological polar surface area (TPSA) is 51.4 Å². The van der Waals surface area contributed by atoms with E-state index in [1.54, 1.807) is 7.11 Å². The largest absolute Gasteiger partial charge is 0.380 e. The fraction of sp³-hybridized carbons (Fsp3) is 0.333. The first-order valence-corrected chi connectivity index (χ1v) is 12.4. The van der Waals surface area contributed by atoms with Crippen molar-refractivity contribution in [1.82, 2.24) is 15.0 Å². The summed E-state index contributed by atoms with van der Waals surface area (Å²) in [5.74, 6) is 1.11. The van der Waals surface area contributed by atoms with E-state index in [1.807, 2.05) is 32.0 Å². The van der Waals surface area contributed by atoms with Gasteiger partial charge in [-0.25, -0.2) is 0 Å². The summed E-state index contributed by atoms with van der Waals surface area (Å²) in [5.41, 5.74) is 7.75. The zero-order chi connectivity index (χ0) is 25.2. The summed E-state index contributed by atoms with van der Waals surface area (Å²) < 4.78 is 11.1. The van der Waals surface area contributed by atoms with Crippen LogP contribution in [-0.2, 0) is 17.9 Å². The normalized spacial score (nSPS) is 10.8. The Labute approximate surface area is 209 Å². The molecule has 0 saturated heterocycles. The van der Waals surface area contributed by atoms with Gasteiger partial charge < -0.3 is 14.2 Å². The van der Waals surface area contributed by atoms with Crippen molar-refractivity contribution in [2.75, 3.05) is 20.7 Å². The van der Waals surface area contributed by atoms with Crippen LogP contribution in [0.25, 0.3) is 34.0 Å². The predicted molar refractivity (Wildman–Crippen MR) is 144 cm³/mol. The smallest absolute Gasteiger partial charge is 0.258 e. The lowest BCUT2D eigenvalue weighted by molar-refractivity contribution is 0.185. The Kier molecular flexibility index (Phi) is 9.76. The fourth-order valence-corrected chi connectivity index (χ4v) is 4.18. The summed E-state index contributed by atoms with van der Waals surface area (Å²) in [6.07, 6.45) is 1.14. The van der Waals surface area contributed by atoms with Crippen molar-refractivity contribution in [2.45, 2.75) is 47.3 Å². The minimum atomic E-state index is 0.506. The van der Waals surface area contributed by atoms with Gasteiger partial charge in [0.1, 0.15) is 0 Å². The third kappa shape index (κ3) is 6.65. The quantitative estimate of drug-likeness (QED) is 0.255. The molecule has 0 aliphatic carbocycles. The van der Waals surface area contributed by atoms with Gasteiger partial charge in [-0.2, -0.15) is 4.98 Å². The van der Waals surface area contributed by atoms with Gasteiger partial charge in [0.05, 0.1) is 6.61 Å². The molecule has 1 heterocycles. The average molecular weight is 472 g/mol. The van der Waals surface area contributed by atoms with Crippen LogP contribution in [0.15, 0.2) is 71.3 Å². The van der Waals surface area contributed by atoms with Gasteiger partial charge >= 0.3 is 0 Å². The molecule has 0 unspecified atom stereocenters. The van der Waals surface area contributed by atoms with E-state index in [-0.39, 0.29) is 0 Å². The summed E-state index contributed by atoms with van der Waals surface area (Å²) in [7, 11) is 3.85. The number of nitrogens with zero attached hydrogens (tertiary/aromatic N) is 3. The van der Waals surface area contributed by atoms with E-state index >= 15 is 0 Å². The molecule has 0 spiro atoms. The van der Waals surface area contributed by atoms with Crippen LogP contribution >= 0.6 is 0 Å². The van der Waals surface area contributed by atoms with E-state index in [4.69, 9.17) is 14.2 Å². The second kappa shape index (κ2) is 13.0. The summed E-state index contributed by atoms with van der Waals surface area (Å²) >= 11 is 0. The van der Waals surface area contributed by atoms with Crippen molar-refractivity contribution < 1.29 is 9.26 Å². The highest BCUT2D eigenvalue weighted by atomic mass is 16.5. The van der Waals surface area contributed by atoms with Gasteiger partial charge in [0, 0.05) is 24.8 Å². The lowest BCUT2D eigenvalue weighted by atomic mass is 9.94. The van der Waals surface area contributed by atoms with Crippen LogP contribution in [0, 0.1) is 6.92 Å². The third-order valence-corrected chi connectivity index (χ3v) is 5.76. The van der Waals surface area contributed by atoms with E-state index in [0.29, 0.717) is 18.3 Å². The van der Waals surface area contributed by atoms with Gasteiger partial charge in [0.15, 0.2) is 0 Å². The summed E-state index contributed by atoms with van der Waals surface area (Å²) in [5, 5.41) is 4.26. The van der Waals surface area contributed by atoms with Gasteiger partial charge in [0.25, 0.3) is 5.89 Å². The second-order valence-electron chi connectivity index (χ2n) is 8.48. The Balaban J connectivity index is 0.00000167. The van der Waals surface area contributed by atoms with Crippen molar-refractivity contribution in [3.8, 4) is 34.0 Å². The molecule has 35 heavy (non-hydrogen) atoms. The Bertz CT molecular complexity index is 1220. The molecule has 0 N–H and O–H groups in total. The molecule has 4 rings (SSSR count). The Hall–Kier alpha value is -3.28. The van der Waals surface area contributed by atoms with E-state index in [2.05, 4.69) is 79.5 Å². The number of hydrogen-bond acceptors (Lipinski definition) is 5. The van der Waals surface area contributed by atoms with Gasteiger partial charge in [-0.3, -0.25) is 0 Å². The van der Waals surface area contributed by atoms with Gasteiger partial charge in [0.2, 0.25) is 5.82 Å². The van der Waals surface area contributed by atoms with Crippen LogP contribution in [0.1, 0.15) is 43.9 Å². The fourth-order valence-electron chi connectivity index (χ4n) is 4.18. The van der Waals surface area contributed by atoms with E-state index < -0.39 is 0 Å². The number of rotatable bonds is 9. The molecule has 184 valence electrons. The summed E-state index contributed by atoms with van der Waals surface area (Å²) in [4.78, 5) is 7.01. The Morgan fingerprint density at radius 1 is 0.914 bits per heavy atom. The maximum Gasteiger partial charge on any atom is 0.258 e. The minimum absolute atomic E-state index is 0.506. The molecular weight excluding hydrogens is 434 g/mol. The van der Waals surface area contributed by atoms with Crippen LogP contribution < -0.4 is 0 Å². The zero-order valence-corrected chi connectivity index (χ0v) is 21.8. The first-order chi connectivity index (χ1) is 17.1. The van der Waals surface area contributed by atoms with Crippen molar-refractivity contribution in [1.29, 1.82) is 0 Å². The molecule has 1 aromatic heterocycles. The number of benzene rings is 3. The van der Waals surface area contributed by atoms with Crippen LogP contribution in [0.2, 0.25) is 0 Å². The van der Waals surface area contributed by atoms with Gasteiger partial charge in [-0.1, -0.05) is 74.5 Å². The minimum Gasteiger partial charge on any atom is -0.380 e. The Morgan fingerprint density at radius 3 is 2.46 bits per heavy atom. The first kappa shape index (κ1) is 26.3. The van der Waals surface area contributed by atoms with Crippen LogP contribution in [0.3, 0.4) is 0 Å². The van der Waals surface area contributed by atoms with Gasteiger partial charge in [-0.05, 0) is 73.0 Å². The van der Waals surface area contributed by atoms with Crippen molar-refractivity contribution in [3.05, 3.63) is 83.4 Å². The molecule has 4 aromatic rings. The number of hydrogen-bond donors (Lipinski definition) is 0. The molecule has 0 radical (unpaired) electrons. The summed E-state index contributed by atoms with van der Waals surface area (Å²) in [6, 6.07) is 23.0. The molecule has 5 heteroatoms. The molecule has 0 bridgehead atoms. The molecule has 3 aromatic carbocycles. The second-order valence-corrected chi connectivity index (χ2v) is 8.48. The van der Waals surface area contributed by atoms with Crippen LogP contribution in [0.5, 0.6) is 0 Å². The molecule has 0 amide bonds. The molecule has 0 fully saturated rings. The number of ether oxygens (including phenoxy) is 1. The molecule has 0 aliphatic heterocycles. The van der Waals surface area contributed by atoms with Crippen LogP contribution in [0.4, 0.5) is 0 Å². The molecule has 5 nitrogen and oxygen atoms in total. The molecular formula is C30H37N3O2. The first-order valence-electron chi connectivity index (χ1n) is 12.4.